The SMILES string of the molecule is CC(N)c1ccc(OCc2ccc(C#N)cc2)cc1. The topological polar surface area (TPSA) is 59.0 Å². The third-order valence-electron chi connectivity index (χ3n) is 2.89. The van der Waals surface area contributed by atoms with Crippen LogP contribution in [0.4, 0.5) is 0 Å². The Bertz CT molecular complexity index is 565. The molecule has 0 radical (unpaired) electrons. The molecular weight excluding hydrogens is 236 g/mol. The van der Waals surface area contributed by atoms with E-state index in [9.17, 15) is 0 Å². The summed E-state index contributed by atoms with van der Waals surface area (Å²) in [5.41, 5.74) is 8.57. The van der Waals surface area contributed by atoms with Gasteiger partial charge in [0.25, 0.3) is 0 Å². The van der Waals surface area contributed by atoms with E-state index in [4.69, 9.17) is 15.7 Å². The van der Waals surface area contributed by atoms with Crippen molar-refractivity contribution in [2.24, 2.45) is 5.73 Å². The number of ether oxygens (including phenoxy) is 1. The van der Waals surface area contributed by atoms with Crippen LogP contribution in [-0.4, -0.2) is 0 Å². The summed E-state index contributed by atoms with van der Waals surface area (Å²) in [6, 6.07) is 17.3. The van der Waals surface area contributed by atoms with Gasteiger partial charge in [-0.1, -0.05) is 24.3 Å². The first-order valence-electron chi connectivity index (χ1n) is 6.16. The number of nitrogens with two attached hydrogens (primary N) is 1. The Kier molecular flexibility index (Phi) is 4.17. The van der Waals surface area contributed by atoms with Gasteiger partial charge in [0.1, 0.15) is 12.4 Å². The number of hydrogen-bond donors (Lipinski definition) is 1. The number of nitriles is 1. The van der Waals surface area contributed by atoms with Gasteiger partial charge in [-0.3, -0.25) is 0 Å². The molecule has 1 atom stereocenters. The second kappa shape index (κ2) is 6.03. The van der Waals surface area contributed by atoms with Gasteiger partial charge in [0.15, 0.2) is 0 Å². The van der Waals surface area contributed by atoms with Gasteiger partial charge >= 0.3 is 0 Å². The third kappa shape index (κ3) is 3.57. The van der Waals surface area contributed by atoms with E-state index in [1.165, 1.54) is 0 Å². The Morgan fingerprint density at radius 1 is 1.11 bits per heavy atom. The van der Waals surface area contributed by atoms with E-state index in [1.54, 1.807) is 12.1 Å². The Hall–Kier alpha value is -2.31. The Labute approximate surface area is 113 Å². The average Bonchev–Trinajstić information content (AvgIpc) is 2.46. The summed E-state index contributed by atoms with van der Waals surface area (Å²) in [4.78, 5) is 0. The molecule has 0 saturated heterocycles. The lowest BCUT2D eigenvalue weighted by Gasteiger charge is -2.09. The standard InChI is InChI=1S/C16H16N2O/c1-12(18)15-6-8-16(9-7-15)19-11-14-4-2-13(10-17)3-5-14/h2-9,12H,11,18H2,1H3. The second-order valence-electron chi connectivity index (χ2n) is 4.46. The summed E-state index contributed by atoms with van der Waals surface area (Å²) in [5, 5.41) is 8.72. The smallest absolute Gasteiger partial charge is 0.119 e. The van der Waals surface area contributed by atoms with Crippen molar-refractivity contribution in [3.8, 4) is 11.8 Å². The van der Waals surface area contributed by atoms with Crippen molar-refractivity contribution in [3.63, 3.8) is 0 Å². The largest absolute Gasteiger partial charge is 0.489 e. The maximum atomic E-state index is 8.72. The molecule has 0 aliphatic carbocycles. The van der Waals surface area contributed by atoms with Crippen LogP contribution >= 0.6 is 0 Å². The van der Waals surface area contributed by atoms with Gasteiger partial charge in [-0.15, -0.1) is 0 Å². The quantitative estimate of drug-likeness (QED) is 0.909. The number of hydrogen-bond acceptors (Lipinski definition) is 3. The van der Waals surface area contributed by atoms with Crippen molar-refractivity contribution < 1.29 is 4.74 Å². The molecule has 3 nitrogen and oxygen atoms in total. The molecule has 2 rings (SSSR count). The van der Waals surface area contributed by atoms with Crippen LogP contribution in [0.1, 0.15) is 29.7 Å². The first-order valence-corrected chi connectivity index (χ1v) is 6.16. The predicted octanol–water partition coefficient (Wildman–Crippen LogP) is 3.16. The summed E-state index contributed by atoms with van der Waals surface area (Å²) >= 11 is 0. The monoisotopic (exact) mass is 252 g/mol. The lowest BCUT2D eigenvalue weighted by molar-refractivity contribution is 0.306. The van der Waals surface area contributed by atoms with E-state index in [-0.39, 0.29) is 6.04 Å². The van der Waals surface area contributed by atoms with Crippen molar-refractivity contribution in [1.29, 1.82) is 5.26 Å². The average molecular weight is 252 g/mol. The molecule has 2 N–H and O–H groups in total. The van der Waals surface area contributed by atoms with Crippen LogP contribution in [0.25, 0.3) is 0 Å². The Morgan fingerprint density at radius 3 is 2.26 bits per heavy atom. The molecule has 2 aromatic carbocycles. The van der Waals surface area contributed by atoms with Crippen LogP contribution in [0.3, 0.4) is 0 Å². The zero-order valence-electron chi connectivity index (χ0n) is 10.8. The molecule has 19 heavy (non-hydrogen) atoms. The van der Waals surface area contributed by atoms with E-state index in [2.05, 4.69) is 6.07 Å². The molecule has 96 valence electrons. The molecular formula is C16H16N2O. The first-order chi connectivity index (χ1) is 9.19. The minimum absolute atomic E-state index is 0.0348. The second-order valence-corrected chi connectivity index (χ2v) is 4.46. The van der Waals surface area contributed by atoms with Crippen molar-refractivity contribution in [2.75, 3.05) is 0 Å². The molecule has 3 heteroatoms. The number of benzene rings is 2. The summed E-state index contributed by atoms with van der Waals surface area (Å²) in [6.07, 6.45) is 0. The van der Waals surface area contributed by atoms with Crippen molar-refractivity contribution in [2.45, 2.75) is 19.6 Å². The van der Waals surface area contributed by atoms with Crippen LogP contribution in [0.2, 0.25) is 0 Å². The van der Waals surface area contributed by atoms with E-state index in [0.717, 1.165) is 16.9 Å². The molecule has 0 heterocycles. The highest BCUT2D eigenvalue weighted by atomic mass is 16.5. The van der Waals surface area contributed by atoms with Gasteiger partial charge in [0, 0.05) is 6.04 Å². The lowest BCUT2D eigenvalue weighted by atomic mass is 10.1. The highest BCUT2D eigenvalue weighted by Crippen LogP contribution is 2.17. The fourth-order valence-electron chi connectivity index (χ4n) is 1.71. The van der Waals surface area contributed by atoms with Crippen molar-refractivity contribution in [1.82, 2.24) is 0 Å². The zero-order valence-corrected chi connectivity index (χ0v) is 10.8. The van der Waals surface area contributed by atoms with Gasteiger partial charge < -0.3 is 10.5 Å². The molecule has 0 fully saturated rings. The maximum absolute atomic E-state index is 8.72. The van der Waals surface area contributed by atoms with Crippen LogP contribution in [0.15, 0.2) is 48.5 Å². The molecule has 0 amide bonds. The Morgan fingerprint density at radius 2 is 1.74 bits per heavy atom. The summed E-state index contributed by atoms with van der Waals surface area (Å²) in [5.74, 6) is 0.814. The van der Waals surface area contributed by atoms with Gasteiger partial charge in [0.05, 0.1) is 11.6 Å². The third-order valence-corrected chi connectivity index (χ3v) is 2.89. The van der Waals surface area contributed by atoms with E-state index in [0.29, 0.717) is 12.2 Å². The molecule has 0 aliphatic heterocycles. The van der Waals surface area contributed by atoms with Gasteiger partial charge in [-0.25, -0.2) is 0 Å². The summed E-state index contributed by atoms with van der Waals surface area (Å²) in [6.45, 7) is 2.44. The number of rotatable bonds is 4. The van der Waals surface area contributed by atoms with Crippen molar-refractivity contribution in [3.05, 3.63) is 65.2 Å². The van der Waals surface area contributed by atoms with Crippen LogP contribution in [0.5, 0.6) is 5.75 Å². The first kappa shape index (κ1) is 13.1. The maximum Gasteiger partial charge on any atom is 0.119 e. The molecule has 0 spiro atoms. The number of nitrogens with zero attached hydrogens (tertiary/aromatic N) is 1. The normalized spacial score (nSPS) is 11.6. The zero-order chi connectivity index (χ0) is 13.7. The molecule has 2 aromatic rings. The minimum atomic E-state index is 0.0348. The van der Waals surface area contributed by atoms with Gasteiger partial charge in [-0.05, 0) is 42.3 Å². The molecule has 1 unspecified atom stereocenters. The fraction of sp³-hybridized carbons (Fsp3) is 0.188. The van der Waals surface area contributed by atoms with Crippen LogP contribution in [0, 0.1) is 11.3 Å². The lowest BCUT2D eigenvalue weighted by Crippen LogP contribution is -2.04. The van der Waals surface area contributed by atoms with Crippen molar-refractivity contribution >= 4 is 0 Å². The Balaban J connectivity index is 1.96. The highest BCUT2D eigenvalue weighted by molar-refractivity contribution is 5.32. The van der Waals surface area contributed by atoms with E-state index >= 15 is 0 Å². The summed E-state index contributed by atoms with van der Waals surface area (Å²) < 4.78 is 5.68. The van der Waals surface area contributed by atoms with Crippen LogP contribution < -0.4 is 10.5 Å². The van der Waals surface area contributed by atoms with Crippen LogP contribution in [-0.2, 0) is 6.61 Å². The van der Waals surface area contributed by atoms with E-state index in [1.807, 2.05) is 43.3 Å². The molecule has 0 bridgehead atoms. The summed E-state index contributed by atoms with van der Waals surface area (Å²) in [7, 11) is 0. The molecule has 0 saturated carbocycles. The predicted molar refractivity (Wildman–Crippen MR) is 74.5 cm³/mol. The van der Waals surface area contributed by atoms with E-state index < -0.39 is 0 Å². The minimum Gasteiger partial charge on any atom is -0.489 e. The highest BCUT2D eigenvalue weighted by Gasteiger charge is 2.00. The molecule has 0 aromatic heterocycles. The van der Waals surface area contributed by atoms with Gasteiger partial charge in [0.2, 0.25) is 0 Å². The fourth-order valence-corrected chi connectivity index (χ4v) is 1.71. The van der Waals surface area contributed by atoms with Gasteiger partial charge in [-0.2, -0.15) is 5.26 Å². The molecule has 0 aliphatic rings.